The molecule has 0 heterocycles. The molecule has 0 bridgehead atoms. The molecule has 114 valence electrons. The number of nitrogens with one attached hydrogen (secondary N) is 1. The lowest BCUT2D eigenvalue weighted by molar-refractivity contribution is 0.102. The van der Waals surface area contributed by atoms with Gasteiger partial charge in [0.25, 0.3) is 5.91 Å². The summed E-state index contributed by atoms with van der Waals surface area (Å²) in [7, 11) is 0. The Morgan fingerprint density at radius 1 is 1.27 bits per heavy atom. The van der Waals surface area contributed by atoms with E-state index < -0.39 is 11.7 Å². The molecular formula is C16H12Cl2FNO2. The van der Waals surface area contributed by atoms with Crippen molar-refractivity contribution in [2.24, 2.45) is 0 Å². The molecule has 2 rings (SSSR count). The largest absolute Gasteiger partial charge is 0.489 e. The fraction of sp³-hybridized carbons (Fsp3) is 0.0625. The Hall–Kier alpha value is -2.04. The Morgan fingerprint density at radius 3 is 2.77 bits per heavy atom. The van der Waals surface area contributed by atoms with Gasteiger partial charge in [0.1, 0.15) is 18.2 Å². The van der Waals surface area contributed by atoms with E-state index in [1.54, 1.807) is 30.3 Å². The second-order valence-electron chi connectivity index (χ2n) is 4.33. The molecule has 0 aliphatic carbocycles. The van der Waals surface area contributed by atoms with Crippen LogP contribution in [-0.4, -0.2) is 12.5 Å². The molecule has 0 aliphatic heterocycles. The van der Waals surface area contributed by atoms with Crippen LogP contribution in [0.25, 0.3) is 0 Å². The summed E-state index contributed by atoms with van der Waals surface area (Å²) in [6.07, 6.45) is 1.61. The van der Waals surface area contributed by atoms with Gasteiger partial charge in [0.2, 0.25) is 0 Å². The van der Waals surface area contributed by atoms with E-state index in [2.05, 4.69) is 11.9 Å². The number of anilines is 1. The lowest BCUT2D eigenvalue weighted by Gasteiger charge is -2.09. The Balaban J connectivity index is 2.18. The first-order valence-corrected chi connectivity index (χ1v) is 7.06. The van der Waals surface area contributed by atoms with Crippen molar-refractivity contribution in [3.8, 4) is 5.75 Å². The van der Waals surface area contributed by atoms with Gasteiger partial charge in [-0.05, 0) is 24.3 Å². The van der Waals surface area contributed by atoms with E-state index in [0.717, 1.165) is 6.07 Å². The molecule has 1 amide bonds. The highest BCUT2D eigenvalue weighted by Crippen LogP contribution is 2.25. The maximum absolute atomic E-state index is 13.5. The fourth-order valence-corrected chi connectivity index (χ4v) is 2.18. The average molecular weight is 340 g/mol. The maximum Gasteiger partial charge on any atom is 0.257 e. The minimum Gasteiger partial charge on any atom is -0.489 e. The molecule has 2 aromatic carbocycles. The van der Waals surface area contributed by atoms with Crippen molar-refractivity contribution in [3.63, 3.8) is 0 Å². The van der Waals surface area contributed by atoms with Crippen LogP contribution in [0.3, 0.4) is 0 Å². The molecule has 2 aromatic rings. The van der Waals surface area contributed by atoms with Crippen LogP contribution in [-0.2, 0) is 0 Å². The van der Waals surface area contributed by atoms with Crippen LogP contribution in [0.15, 0.2) is 49.1 Å². The minimum absolute atomic E-state index is 0.000907. The first-order valence-electron chi connectivity index (χ1n) is 6.31. The predicted molar refractivity (Wildman–Crippen MR) is 86.5 cm³/mol. The van der Waals surface area contributed by atoms with E-state index in [0.29, 0.717) is 18.0 Å². The van der Waals surface area contributed by atoms with E-state index in [1.165, 1.54) is 6.07 Å². The fourth-order valence-electron chi connectivity index (χ4n) is 1.71. The molecule has 6 heteroatoms. The number of carbonyl (C=O) groups excluding carboxylic acids is 1. The molecule has 3 nitrogen and oxygen atoms in total. The van der Waals surface area contributed by atoms with Crippen molar-refractivity contribution in [1.29, 1.82) is 0 Å². The van der Waals surface area contributed by atoms with Crippen LogP contribution >= 0.6 is 23.2 Å². The Bertz CT molecular complexity index is 719. The topological polar surface area (TPSA) is 38.3 Å². The second kappa shape index (κ2) is 7.29. The Morgan fingerprint density at radius 2 is 2.05 bits per heavy atom. The molecule has 0 aromatic heterocycles. The van der Waals surface area contributed by atoms with E-state index in [1.807, 2.05) is 0 Å². The third kappa shape index (κ3) is 4.00. The normalized spacial score (nSPS) is 10.1. The number of carbonyl (C=O) groups is 1. The molecule has 22 heavy (non-hydrogen) atoms. The number of amides is 1. The van der Waals surface area contributed by atoms with Gasteiger partial charge in [-0.25, -0.2) is 4.39 Å². The summed E-state index contributed by atoms with van der Waals surface area (Å²) < 4.78 is 18.8. The van der Waals surface area contributed by atoms with Crippen LogP contribution in [0.2, 0.25) is 10.0 Å². The summed E-state index contributed by atoms with van der Waals surface area (Å²) in [5, 5.41) is 2.56. The molecule has 0 saturated carbocycles. The lowest BCUT2D eigenvalue weighted by atomic mass is 10.2. The van der Waals surface area contributed by atoms with Crippen molar-refractivity contribution in [2.45, 2.75) is 0 Å². The maximum atomic E-state index is 13.5. The van der Waals surface area contributed by atoms with Crippen molar-refractivity contribution in [2.75, 3.05) is 11.9 Å². The molecular weight excluding hydrogens is 328 g/mol. The van der Waals surface area contributed by atoms with Gasteiger partial charge in [-0.15, -0.1) is 0 Å². The number of hydrogen-bond acceptors (Lipinski definition) is 2. The summed E-state index contributed by atoms with van der Waals surface area (Å²) in [4.78, 5) is 12.2. The molecule has 1 N–H and O–H groups in total. The molecule has 0 spiro atoms. The van der Waals surface area contributed by atoms with Crippen LogP contribution in [0, 0.1) is 5.82 Å². The van der Waals surface area contributed by atoms with Crippen molar-refractivity contribution >= 4 is 34.8 Å². The summed E-state index contributed by atoms with van der Waals surface area (Å²) >= 11 is 11.5. The molecule has 0 unspecified atom stereocenters. The molecule has 0 saturated heterocycles. The zero-order valence-corrected chi connectivity index (χ0v) is 12.9. The zero-order chi connectivity index (χ0) is 16.1. The van der Waals surface area contributed by atoms with Gasteiger partial charge in [-0.1, -0.05) is 41.9 Å². The highest BCUT2D eigenvalue weighted by atomic mass is 35.5. The molecule has 0 fully saturated rings. The Labute approximate surface area is 137 Å². The molecule has 0 radical (unpaired) electrons. The Kier molecular flexibility index (Phi) is 5.41. The lowest BCUT2D eigenvalue weighted by Crippen LogP contribution is -2.13. The van der Waals surface area contributed by atoms with E-state index in [9.17, 15) is 9.18 Å². The van der Waals surface area contributed by atoms with Gasteiger partial charge in [-0.3, -0.25) is 4.79 Å². The summed E-state index contributed by atoms with van der Waals surface area (Å²) in [5.74, 6) is -0.674. The highest BCUT2D eigenvalue weighted by molar-refractivity contribution is 6.37. The van der Waals surface area contributed by atoms with Gasteiger partial charge >= 0.3 is 0 Å². The van der Waals surface area contributed by atoms with Gasteiger partial charge in [0, 0.05) is 11.8 Å². The summed E-state index contributed by atoms with van der Waals surface area (Å²) in [6, 6.07) is 8.97. The quantitative estimate of drug-likeness (QED) is 0.618. The zero-order valence-electron chi connectivity index (χ0n) is 11.4. The van der Waals surface area contributed by atoms with Crippen molar-refractivity contribution in [3.05, 3.63) is 70.5 Å². The highest BCUT2D eigenvalue weighted by Gasteiger charge is 2.14. The number of halogens is 3. The van der Waals surface area contributed by atoms with Gasteiger partial charge in [0.05, 0.1) is 15.6 Å². The minimum atomic E-state index is -0.709. The van der Waals surface area contributed by atoms with Crippen molar-refractivity contribution < 1.29 is 13.9 Å². The number of rotatable bonds is 5. The van der Waals surface area contributed by atoms with Crippen LogP contribution < -0.4 is 10.1 Å². The van der Waals surface area contributed by atoms with E-state index >= 15 is 0 Å². The first kappa shape index (κ1) is 16.3. The van der Waals surface area contributed by atoms with Gasteiger partial charge < -0.3 is 10.1 Å². The average Bonchev–Trinajstić information content (AvgIpc) is 2.49. The molecule has 0 aliphatic rings. The van der Waals surface area contributed by atoms with Gasteiger partial charge in [0.15, 0.2) is 0 Å². The first-order chi connectivity index (χ1) is 10.5. The smallest absolute Gasteiger partial charge is 0.257 e. The van der Waals surface area contributed by atoms with Crippen LogP contribution in [0.5, 0.6) is 5.75 Å². The molecule has 0 atom stereocenters. The number of benzene rings is 2. The SMILES string of the molecule is C=CCOc1cccc(NC(=O)c2cc(F)c(Cl)cc2Cl)c1. The van der Waals surface area contributed by atoms with Gasteiger partial charge in [-0.2, -0.15) is 0 Å². The standard InChI is InChI=1S/C16H12Cl2FNO2/c1-2-6-22-11-5-3-4-10(7-11)20-16(21)12-8-15(19)14(18)9-13(12)17/h2-5,7-9H,1,6H2,(H,20,21). The third-order valence-electron chi connectivity index (χ3n) is 2.71. The van der Waals surface area contributed by atoms with Crippen LogP contribution in [0.4, 0.5) is 10.1 Å². The number of hydrogen-bond donors (Lipinski definition) is 1. The monoisotopic (exact) mass is 339 g/mol. The van der Waals surface area contributed by atoms with E-state index in [4.69, 9.17) is 27.9 Å². The number of ether oxygens (including phenoxy) is 1. The van der Waals surface area contributed by atoms with E-state index in [-0.39, 0.29) is 15.6 Å². The van der Waals surface area contributed by atoms with Crippen molar-refractivity contribution in [1.82, 2.24) is 0 Å². The summed E-state index contributed by atoms with van der Waals surface area (Å²) in [5.41, 5.74) is 0.499. The van der Waals surface area contributed by atoms with Crippen LogP contribution in [0.1, 0.15) is 10.4 Å². The third-order valence-corrected chi connectivity index (χ3v) is 3.32. The summed E-state index contributed by atoms with van der Waals surface area (Å²) in [6.45, 7) is 3.91. The second-order valence-corrected chi connectivity index (χ2v) is 5.14. The predicted octanol–water partition coefficient (Wildman–Crippen LogP) is 4.95.